The Kier molecular flexibility index (Phi) is 7.45. The van der Waals surface area contributed by atoms with Crippen LogP contribution in [0.4, 0.5) is 0 Å². The summed E-state index contributed by atoms with van der Waals surface area (Å²) >= 11 is 1.59. The van der Waals surface area contributed by atoms with E-state index in [4.69, 9.17) is 4.52 Å². The van der Waals surface area contributed by atoms with Crippen molar-refractivity contribution in [2.24, 2.45) is 0 Å². The maximum Gasteiger partial charge on any atom is 0.227 e. The molecule has 8 heteroatoms. The first kappa shape index (κ1) is 22.0. The van der Waals surface area contributed by atoms with Crippen LogP contribution in [0.2, 0.25) is 0 Å². The largest absolute Gasteiger partial charge is 0.346 e. The Morgan fingerprint density at radius 3 is 2.78 bits per heavy atom. The quantitative estimate of drug-likeness (QED) is 0.326. The van der Waals surface area contributed by atoms with Crippen LogP contribution in [0.3, 0.4) is 0 Å². The van der Waals surface area contributed by atoms with E-state index in [1.165, 1.54) is 0 Å². The van der Waals surface area contributed by atoms with Crippen LogP contribution in [0.1, 0.15) is 37.3 Å². The van der Waals surface area contributed by atoms with E-state index in [0.717, 1.165) is 54.7 Å². The molecule has 0 atom stereocenters. The number of thiophene rings is 1. The van der Waals surface area contributed by atoms with Crippen molar-refractivity contribution < 1.29 is 9.32 Å². The number of aryl methyl sites for hydroxylation is 2. The topological polar surface area (TPSA) is 87.9 Å². The molecule has 32 heavy (non-hydrogen) atoms. The number of aromatic amines is 1. The van der Waals surface area contributed by atoms with Crippen molar-refractivity contribution in [3.05, 3.63) is 64.8 Å². The fourth-order valence-electron chi connectivity index (χ4n) is 3.48. The van der Waals surface area contributed by atoms with Crippen LogP contribution in [-0.4, -0.2) is 44.7 Å². The Labute approximate surface area is 191 Å². The highest BCUT2D eigenvalue weighted by Gasteiger charge is 2.13. The summed E-state index contributed by atoms with van der Waals surface area (Å²) in [7, 11) is 1.86. The molecule has 0 aliphatic carbocycles. The average molecular weight is 450 g/mol. The number of carbonyl (C=O) groups excluding carboxylic acids is 1. The van der Waals surface area contributed by atoms with Crippen LogP contribution >= 0.6 is 11.3 Å². The molecule has 0 saturated carbocycles. The molecule has 0 saturated heterocycles. The van der Waals surface area contributed by atoms with Gasteiger partial charge >= 0.3 is 0 Å². The summed E-state index contributed by atoms with van der Waals surface area (Å²) in [4.78, 5) is 18.6. The van der Waals surface area contributed by atoms with Crippen LogP contribution in [-0.2, 0) is 17.6 Å². The molecular formula is C24H27N5O2S. The molecule has 0 spiro atoms. The maximum atomic E-state index is 12.4. The number of carbonyl (C=O) groups is 1. The van der Waals surface area contributed by atoms with Gasteiger partial charge in [0.15, 0.2) is 0 Å². The van der Waals surface area contributed by atoms with Gasteiger partial charge in [-0.05, 0) is 36.8 Å². The summed E-state index contributed by atoms with van der Waals surface area (Å²) in [6.07, 6.45) is 4.89. The summed E-state index contributed by atoms with van der Waals surface area (Å²) in [5.74, 6) is 1.18. The summed E-state index contributed by atoms with van der Waals surface area (Å²) < 4.78 is 5.27. The predicted molar refractivity (Wildman–Crippen MR) is 125 cm³/mol. The fourth-order valence-corrected chi connectivity index (χ4v) is 4.12. The molecule has 0 aliphatic heterocycles. The highest BCUT2D eigenvalue weighted by Crippen LogP contribution is 2.19. The number of rotatable bonds is 11. The lowest BCUT2D eigenvalue weighted by Gasteiger charge is -2.16. The first-order valence-corrected chi connectivity index (χ1v) is 11.8. The van der Waals surface area contributed by atoms with Crippen LogP contribution in [0.15, 0.2) is 57.7 Å². The van der Waals surface area contributed by atoms with E-state index >= 15 is 0 Å². The third-order valence-electron chi connectivity index (χ3n) is 5.37. The number of nitrogens with zero attached hydrogens (tertiary/aromatic N) is 4. The highest BCUT2D eigenvalue weighted by molar-refractivity contribution is 7.08. The second kappa shape index (κ2) is 10.9. The minimum atomic E-state index is 0.0985. The number of hydrogen-bond donors (Lipinski definition) is 1. The van der Waals surface area contributed by atoms with Gasteiger partial charge in [0.05, 0.1) is 5.69 Å². The lowest BCUT2D eigenvalue weighted by Crippen LogP contribution is -2.27. The summed E-state index contributed by atoms with van der Waals surface area (Å²) in [6, 6.07) is 14.2. The summed E-state index contributed by atoms with van der Waals surface area (Å²) in [5, 5.41) is 15.5. The first-order valence-electron chi connectivity index (χ1n) is 10.9. The molecule has 4 aromatic rings. The zero-order valence-electron chi connectivity index (χ0n) is 18.2. The van der Waals surface area contributed by atoms with E-state index in [9.17, 15) is 4.79 Å². The lowest BCUT2D eigenvalue weighted by molar-refractivity contribution is -0.130. The van der Waals surface area contributed by atoms with E-state index in [0.29, 0.717) is 24.6 Å². The minimum absolute atomic E-state index is 0.0985. The smallest absolute Gasteiger partial charge is 0.227 e. The van der Waals surface area contributed by atoms with Crippen LogP contribution in [0.25, 0.3) is 22.6 Å². The first-order chi connectivity index (χ1) is 15.7. The number of benzene rings is 1. The van der Waals surface area contributed by atoms with Crippen LogP contribution < -0.4 is 0 Å². The Bertz CT molecular complexity index is 1100. The standard InChI is InChI=1S/C24H27N5O2S/c1-29(23(30)12-11-22-25-24(28-31-22)19-13-15-32-17-19)14-7-3-6-10-20-16-21(27-26-20)18-8-4-2-5-9-18/h2,4-5,8-9,13,15-17H,3,6-7,10-12,14H2,1H3,(H,26,27). The van der Waals surface area contributed by atoms with Gasteiger partial charge < -0.3 is 9.42 Å². The van der Waals surface area contributed by atoms with Crippen molar-refractivity contribution >= 4 is 17.2 Å². The molecular weight excluding hydrogens is 422 g/mol. The van der Waals surface area contributed by atoms with E-state index in [1.54, 1.807) is 16.2 Å². The SMILES string of the molecule is CN(CCCCCc1cc(-c2ccccc2)n[nH]1)C(=O)CCc1nc(-c2ccsc2)no1. The molecule has 0 fully saturated rings. The molecule has 3 aromatic heterocycles. The second-order valence-corrected chi connectivity index (χ2v) is 8.57. The van der Waals surface area contributed by atoms with Crippen molar-refractivity contribution in [1.82, 2.24) is 25.2 Å². The summed E-state index contributed by atoms with van der Waals surface area (Å²) in [5.41, 5.74) is 4.20. The van der Waals surface area contributed by atoms with E-state index in [1.807, 2.05) is 42.1 Å². The highest BCUT2D eigenvalue weighted by atomic mass is 32.1. The van der Waals surface area contributed by atoms with Gasteiger partial charge in [0, 0.05) is 48.6 Å². The molecule has 0 radical (unpaired) electrons. The van der Waals surface area contributed by atoms with Gasteiger partial charge in [-0.2, -0.15) is 21.4 Å². The zero-order valence-corrected chi connectivity index (χ0v) is 19.0. The molecule has 4 rings (SSSR count). The molecule has 1 aromatic carbocycles. The minimum Gasteiger partial charge on any atom is -0.346 e. The number of unbranched alkanes of at least 4 members (excludes halogenated alkanes) is 2. The molecule has 166 valence electrons. The van der Waals surface area contributed by atoms with Gasteiger partial charge in [-0.3, -0.25) is 9.89 Å². The van der Waals surface area contributed by atoms with Gasteiger partial charge in [-0.25, -0.2) is 0 Å². The Hall–Kier alpha value is -3.26. The number of aromatic nitrogens is 4. The van der Waals surface area contributed by atoms with Gasteiger partial charge in [-0.1, -0.05) is 41.9 Å². The molecule has 0 bridgehead atoms. The fraction of sp³-hybridized carbons (Fsp3) is 0.333. The lowest BCUT2D eigenvalue weighted by atomic mass is 10.1. The van der Waals surface area contributed by atoms with E-state index in [-0.39, 0.29) is 5.91 Å². The van der Waals surface area contributed by atoms with Crippen LogP contribution in [0.5, 0.6) is 0 Å². The number of H-pyrrole nitrogens is 1. The number of amides is 1. The monoisotopic (exact) mass is 449 g/mol. The summed E-state index contributed by atoms with van der Waals surface area (Å²) in [6.45, 7) is 0.751. The van der Waals surface area contributed by atoms with Crippen molar-refractivity contribution in [2.45, 2.75) is 38.5 Å². The van der Waals surface area contributed by atoms with Crippen molar-refractivity contribution in [2.75, 3.05) is 13.6 Å². The van der Waals surface area contributed by atoms with Gasteiger partial charge in [0.1, 0.15) is 0 Å². The molecule has 0 aliphatic rings. The zero-order chi connectivity index (χ0) is 22.2. The van der Waals surface area contributed by atoms with Crippen LogP contribution in [0, 0.1) is 0 Å². The van der Waals surface area contributed by atoms with Gasteiger partial charge in [0.2, 0.25) is 17.6 Å². The van der Waals surface area contributed by atoms with Crippen molar-refractivity contribution in [1.29, 1.82) is 0 Å². The van der Waals surface area contributed by atoms with Crippen molar-refractivity contribution in [3.63, 3.8) is 0 Å². The molecule has 1 N–H and O–H groups in total. The maximum absolute atomic E-state index is 12.4. The molecule has 0 unspecified atom stereocenters. The predicted octanol–water partition coefficient (Wildman–Crippen LogP) is 4.99. The second-order valence-electron chi connectivity index (χ2n) is 7.79. The Balaban J connectivity index is 1.12. The Morgan fingerprint density at radius 2 is 1.97 bits per heavy atom. The molecule has 3 heterocycles. The number of hydrogen-bond acceptors (Lipinski definition) is 6. The van der Waals surface area contributed by atoms with Crippen molar-refractivity contribution in [3.8, 4) is 22.6 Å². The van der Waals surface area contributed by atoms with Gasteiger partial charge in [0.25, 0.3) is 0 Å². The van der Waals surface area contributed by atoms with E-state index in [2.05, 4.69) is 38.5 Å². The third kappa shape index (κ3) is 5.91. The number of nitrogens with one attached hydrogen (secondary N) is 1. The normalized spacial score (nSPS) is 11.0. The Morgan fingerprint density at radius 1 is 1.09 bits per heavy atom. The van der Waals surface area contributed by atoms with E-state index < -0.39 is 0 Å². The van der Waals surface area contributed by atoms with Gasteiger partial charge in [-0.15, -0.1) is 0 Å². The third-order valence-corrected chi connectivity index (χ3v) is 6.05. The average Bonchev–Trinajstić information content (AvgIpc) is 3.59. The molecule has 1 amide bonds. The molecule has 7 nitrogen and oxygen atoms in total.